The Morgan fingerprint density at radius 2 is 1.90 bits per heavy atom. The molecule has 2 aromatic rings. The molecule has 0 spiro atoms. The summed E-state index contributed by atoms with van der Waals surface area (Å²) in [7, 11) is 1.60. The van der Waals surface area contributed by atoms with Crippen molar-refractivity contribution in [1.82, 2.24) is 0 Å². The molecule has 2 aromatic carbocycles. The van der Waals surface area contributed by atoms with Gasteiger partial charge < -0.3 is 14.2 Å². The van der Waals surface area contributed by atoms with Crippen molar-refractivity contribution in [2.24, 2.45) is 0 Å². The first-order chi connectivity index (χ1) is 10.1. The summed E-state index contributed by atoms with van der Waals surface area (Å²) in [4.78, 5) is 11.8. The van der Waals surface area contributed by atoms with Crippen molar-refractivity contribution in [1.29, 1.82) is 0 Å². The highest BCUT2D eigenvalue weighted by molar-refractivity contribution is 5.96. The zero-order chi connectivity index (χ0) is 15.2. The maximum Gasteiger partial charge on any atom is 0.338 e. The van der Waals surface area contributed by atoms with Crippen LogP contribution >= 0.6 is 0 Å². The molecule has 4 heteroatoms. The van der Waals surface area contributed by atoms with E-state index < -0.39 is 5.97 Å². The number of fused-ring (bicyclic) bond motifs is 1. The first-order valence-corrected chi connectivity index (χ1v) is 6.64. The van der Waals surface area contributed by atoms with Crippen LogP contribution in [0.4, 0.5) is 0 Å². The van der Waals surface area contributed by atoms with Crippen molar-refractivity contribution in [3.8, 4) is 11.5 Å². The highest BCUT2D eigenvalue weighted by Crippen LogP contribution is 2.36. The van der Waals surface area contributed by atoms with Crippen LogP contribution in [-0.4, -0.2) is 26.3 Å². The molecule has 0 aliphatic heterocycles. The maximum absolute atomic E-state index is 11.8. The average molecular weight is 286 g/mol. The summed E-state index contributed by atoms with van der Waals surface area (Å²) in [6.07, 6.45) is 0. The quantitative estimate of drug-likeness (QED) is 0.353. The summed E-state index contributed by atoms with van der Waals surface area (Å²) >= 11 is 0. The number of hydrogen-bond donors (Lipinski definition) is 0. The number of ether oxygens (including phenoxy) is 3. The number of carbonyl (C=O) groups excluding carboxylic acids is 1. The molecule has 0 atom stereocenters. The molecule has 0 aliphatic carbocycles. The van der Waals surface area contributed by atoms with Gasteiger partial charge in [0.15, 0.2) is 11.5 Å². The Balaban J connectivity index is 2.41. The second kappa shape index (κ2) is 6.90. The van der Waals surface area contributed by atoms with Gasteiger partial charge in [0.1, 0.15) is 6.61 Å². The van der Waals surface area contributed by atoms with E-state index in [1.165, 1.54) is 0 Å². The van der Waals surface area contributed by atoms with Crippen LogP contribution in [0.1, 0.15) is 6.92 Å². The van der Waals surface area contributed by atoms with Gasteiger partial charge in [-0.1, -0.05) is 36.9 Å². The Kier molecular flexibility index (Phi) is 4.95. The highest BCUT2D eigenvalue weighted by atomic mass is 16.6. The zero-order valence-corrected chi connectivity index (χ0v) is 12.2. The molecule has 0 bridgehead atoms. The van der Waals surface area contributed by atoms with Gasteiger partial charge in [-0.05, 0) is 18.4 Å². The predicted octanol–water partition coefficient (Wildman–Crippen LogP) is 3.35. The molecule has 0 heterocycles. The Hall–Kier alpha value is -2.33. The molecule has 0 saturated heterocycles. The van der Waals surface area contributed by atoms with Crippen LogP contribution in [0.2, 0.25) is 0 Å². The summed E-state index contributed by atoms with van der Waals surface area (Å²) in [6.45, 7) is 6.05. The van der Waals surface area contributed by atoms with Crippen LogP contribution in [0.15, 0.2) is 48.6 Å². The Labute approximate surface area is 123 Å². The fourth-order valence-corrected chi connectivity index (χ4v) is 1.86. The summed E-state index contributed by atoms with van der Waals surface area (Å²) in [5.74, 6) is 0.459. The fourth-order valence-electron chi connectivity index (χ4n) is 1.86. The SMILES string of the molecule is C=C(C)C(=O)Oc1c(OCCOC)ccc2ccccc12. The smallest absolute Gasteiger partial charge is 0.338 e. The number of carbonyl (C=O) groups is 1. The van der Waals surface area contributed by atoms with E-state index in [4.69, 9.17) is 14.2 Å². The van der Waals surface area contributed by atoms with Crippen molar-refractivity contribution >= 4 is 16.7 Å². The Morgan fingerprint density at radius 1 is 1.14 bits per heavy atom. The van der Waals surface area contributed by atoms with Crippen molar-refractivity contribution in [3.05, 3.63) is 48.6 Å². The maximum atomic E-state index is 11.8. The average Bonchev–Trinajstić information content (AvgIpc) is 2.49. The number of esters is 1. The molecule has 110 valence electrons. The van der Waals surface area contributed by atoms with Gasteiger partial charge in [-0.25, -0.2) is 4.79 Å². The van der Waals surface area contributed by atoms with Crippen LogP contribution in [0.25, 0.3) is 10.8 Å². The summed E-state index contributed by atoms with van der Waals surface area (Å²) < 4.78 is 16.0. The van der Waals surface area contributed by atoms with Crippen molar-refractivity contribution in [3.63, 3.8) is 0 Å². The molecule has 0 radical (unpaired) electrons. The van der Waals surface area contributed by atoms with Crippen LogP contribution < -0.4 is 9.47 Å². The van der Waals surface area contributed by atoms with Crippen LogP contribution in [0.3, 0.4) is 0 Å². The minimum Gasteiger partial charge on any atom is -0.487 e. The molecule has 0 unspecified atom stereocenters. The third-order valence-electron chi connectivity index (χ3n) is 2.93. The third kappa shape index (κ3) is 3.61. The summed E-state index contributed by atoms with van der Waals surface area (Å²) in [6, 6.07) is 11.4. The minimum absolute atomic E-state index is 0.339. The minimum atomic E-state index is -0.469. The van der Waals surface area contributed by atoms with E-state index in [-0.39, 0.29) is 0 Å². The van der Waals surface area contributed by atoms with Crippen LogP contribution in [0.5, 0.6) is 11.5 Å². The molecule has 0 fully saturated rings. The van der Waals surface area contributed by atoms with E-state index in [2.05, 4.69) is 6.58 Å². The largest absolute Gasteiger partial charge is 0.487 e. The van der Waals surface area contributed by atoms with E-state index >= 15 is 0 Å². The van der Waals surface area contributed by atoms with E-state index in [9.17, 15) is 4.79 Å². The number of hydrogen-bond acceptors (Lipinski definition) is 4. The van der Waals surface area contributed by atoms with Gasteiger partial charge >= 0.3 is 5.97 Å². The topological polar surface area (TPSA) is 44.8 Å². The van der Waals surface area contributed by atoms with Crippen LogP contribution in [0, 0.1) is 0 Å². The van der Waals surface area contributed by atoms with Crippen molar-refractivity contribution in [2.45, 2.75) is 6.92 Å². The lowest BCUT2D eigenvalue weighted by Gasteiger charge is -2.14. The molecule has 0 aliphatic rings. The summed E-state index contributed by atoms with van der Waals surface area (Å²) in [5, 5.41) is 1.79. The normalized spacial score (nSPS) is 10.4. The van der Waals surface area contributed by atoms with Crippen molar-refractivity contribution in [2.75, 3.05) is 20.3 Å². The van der Waals surface area contributed by atoms with E-state index in [1.54, 1.807) is 20.1 Å². The third-order valence-corrected chi connectivity index (χ3v) is 2.93. The Bertz CT molecular complexity index is 661. The highest BCUT2D eigenvalue weighted by Gasteiger charge is 2.15. The van der Waals surface area contributed by atoms with Gasteiger partial charge in [-0.2, -0.15) is 0 Å². The van der Waals surface area contributed by atoms with E-state index in [1.807, 2.05) is 30.3 Å². The molecular weight excluding hydrogens is 268 g/mol. The van der Waals surface area contributed by atoms with Crippen LogP contribution in [-0.2, 0) is 9.53 Å². The lowest BCUT2D eigenvalue weighted by Crippen LogP contribution is -2.11. The second-order valence-corrected chi connectivity index (χ2v) is 4.63. The summed E-state index contributed by atoms with van der Waals surface area (Å²) in [5.41, 5.74) is 0.339. The molecule has 2 rings (SSSR count). The van der Waals surface area contributed by atoms with E-state index in [0.717, 1.165) is 10.8 Å². The molecule has 0 saturated carbocycles. The molecule has 4 nitrogen and oxygen atoms in total. The zero-order valence-electron chi connectivity index (χ0n) is 12.2. The van der Waals surface area contributed by atoms with Gasteiger partial charge in [0, 0.05) is 18.1 Å². The Morgan fingerprint density at radius 3 is 2.62 bits per heavy atom. The van der Waals surface area contributed by atoms with Gasteiger partial charge in [-0.3, -0.25) is 0 Å². The molecule has 0 aromatic heterocycles. The lowest BCUT2D eigenvalue weighted by molar-refractivity contribution is -0.130. The monoisotopic (exact) mass is 286 g/mol. The van der Waals surface area contributed by atoms with E-state index in [0.29, 0.717) is 30.3 Å². The predicted molar refractivity (Wildman–Crippen MR) is 81.8 cm³/mol. The number of benzene rings is 2. The lowest BCUT2D eigenvalue weighted by atomic mass is 10.1. The first-order valence-electron chi connectivity index (χ1n) is 6.64. The molecule has 0 amide bonds. The number of methoxy groups -OCH3 is 1. The van der Waals surface area contributed by atoms with Gasteiger partial charge in [0.05, 0.1) is 6.61 Å². The molecule has 0 N–H and O–H groups in total. The fraction of sp³-hybridized carbons (Fsp3) is 0.235. The second-order valence-electron chi connectivity index (χ2n) is 4.63. The van der Waals surface area contributed by atoms with Crippen molar-refractivity contribution < 1.29 is 19.0 Å². The van der Waals surface area contributed by atoms with Gasteiger partial charge in [0.2, 0.25) is 0 Å². The number of rotatable bonds is 6. The van der Waals surface area contributed by atoms with Gasteiger partial charge in [0.25, 0.3) is 0 Å². The standard InChI is InChI=1S/C17H18O4/c1-12(2)17(18)21-16-14-7-5-4-6-13(14)8-9-15(16)20-11-10-19-3/h4-9H,1,10-11H2,2-3H3. The van der Waals surface area contributed by atoms with Gasteiger partial charge in [-0.15, -0.1) is 0 Å². The first kappa shape index (κ1) is 15.1. The molecular formula is C17H18O4. The molecule has 21 heavy (non-hydrogen) atoms.